The minimum Gasteiger partial charge on any atom is -0.449 e. The molecule has 0 saturated carbocycles. The minimum atomic E-state index is -1.38. The van der Waals surface area contributed by atoms with Crippen molar-refractivity contribution in [1.29, 1.82) is 0 Å². The van der Waals surface area contributed by atoms with Gasteiger partial charge in [0.15, 0.2) is 23.1 Å². The van der Waals surface area contributed by atoms with Crippen molar-refractivity contribution in [3.8, 4) is 11.5 Å². The number of hydrogen-bond donors (Lipinski definition) is 1. The van der Waals surface area contributed by atoms with Crippen molar-refractivity contribution in [1.82, 2.24) is 0 Å². The lowest BCUT2D eigenvalue weighted by Crippen LogP contribution is -2.00. The molecule has 19 heavy (non-hydrogen) atoms. The smallest absolute Gasteiger partial charge is 0.203 e. The van der Waals surface area contributed by atoms with E-state index in [0.29, 0.717) is 0 Å². The monoisotopic (exact) mass is 335 g/mol. The summed E-state index contributed by atoms with van der Waals surface area (Å²) in [6.45, 7) is 0. The highest BCUT2D eigenvalue weighted by Gasteiger charge is 2.18. The van der Waals surface area contributed by atoms with E-state index in [1.54, 1.807) is 0 Å². The first-order valence-corrected chi connectivity index (χ1v) is 5.75. The lowest BCUT2D eigenvalue weighted by atomic mass is 10.2. The second-order valence-corrected chi connectivity index (χ2v) is 4.50. The zero-order valence-electron chi connectivity index (χ0n) is 9.18. The molecule has 0 saturated heterocycles. The van der Waals surface area contributed by atoms with Crippen LogP contribution in [0.1, 0.15) is 0 Å². The Kier molecular flexibility index (Phi) is 3.66. The maximum atomic E-state index is 13.5. The van der Waals surface area contributed by atoms with Crippen molar-refractivity contribution in [3.63, 3.8) is 0 Å². The van der Waals surface area contributed by atoms with Gasteiger partial charge in [-0.1, -0.05) is 15.9 Å². The number of hydrogen-bond acceptors (Lipinski definition) is 2. The summed E-state index contributed by atoms with van der Waals surface area (Å²) in [5.74, 6) is -6.41. The fraction of sp³-hybridized carbons (Fsp3) is 0. The Morgan fingerprint density at radius 1 is 0.947 bits per heavy atom. The number of halogens is 5. The third-order valence-electron chi connectivity index (χ3n) is 2.25. The Hall–Kier alpha value is -1.76. The highest BCUT2D eigenvalue weighted by atomic mass is 79.9. The van der Waals surface area contributed by atoms with Gasteiger partial charge >= 0.3 is 0 Å². The van der Waals surface area contributed by atoms with Gasteiger partial charge in [-0.05, 0) is 24.3 Å². The minimum absolute atomic E-state index is 0.178. The molecule has 0 aromatic heterocycles. The summed E-state index contributed by atoms with van der Waals surface area (Å²) < 4.78 is 58.1. The number of ether oxygens (including phenoxy) is 1. The Morgan fingerprint density at radius 3 is 2.32 bits per heavy atom. The van der Waals surface area contributed by atoms with Gasteiger partial charge in [0.05, 0.1) is 5.69 Å². The lowest BCUT2D eigenvalue weighted by Gasteiger charge is -2.11. The molecule has 2 rings (SSSR count). The van der Waals surface area contributed by atoms with E-state index in [9.17, 15) is 17.6 Å². The Balaban J connectivity index is 2.51. The largest absolute Gasteiger partial charge is 0.449 e. The van der Waals surface area contributed by atoms with Gasteiger partial charge in [-0.15, -0.1) is 0 Å². The summed E-state index contributed by atoms with van der Waals surface area (Å²) in [6, 6.07) is 3.80. The van der Waals surface area contributed by atoms with Gasteiger partial charge < -0.3 is 10.5 Å². The lowest BCUT2D eigenvalue weighted by molar-refractivity contribution is 0.386. The average Bonchev–Trinajstić information content (AvgIpc) is 2.35. The molecule has 7 heteroatoms. The highest BCUT2D eigenvalue weighted by Crippen LogP contribution is 2.35. The van der Waals surface area contributed by atoms with Gasteiger partial charge in [0.2, 0.25) is 11.6 Å². The molecule has 100 valence electrons. The predicted octanol–water partition coefficient (Wildman–Crippen LogP) is 4.38. The maximum Gasteiger partial charge on any atom is 0.203 e. The van der Waals surface area contributed by atoms with Crippen molar-refractivity contribution >= 4 is 21.6 Å². The summed E-state index contributed by atoms with van der Waals surface area (Å²) in [4.78, 5) is 0. The molecule has 2 N–H and O–H groups in total. The average molecular weight is 336 g/mol. The van der Waals surface area contributed by atoms with Gasteiger partial charge in [-0.3, -0.25) is 0 Å². The molecule has 0 aliphatic heterocycles. The highest BCUT2D eigenvalue weighted by molar-refractivity contribution is 9.10. The van der Waals surface area contributed by atoms with Crippen LogP contribution in [0, 0.1) is 23.3 Å². The van der Waals surface area contributed by atoms with Gasteiger partial charge in [0.1, 0.15) is 0 Å². The first-order valence-electron chi connectivity index (χ1n) is 4.96. The first-order chi connectivity index (χ1) is 8.90. The second-order valence-electron chi connectivity index (χ2n) is 3.58. The van der Waals surface area contributed by atoms with Crippen LogP contribution >= 0.6 is 15.9 Å². The van der Waals surface area contributed by atoms with Gasteiger partial charge in [-0.25, -0.2) is 8.78 Å². The maximum absolute atomic E-state index is 13.5. The SMILES string of the molecule is Nc1ccc(F)c(F)c1Oc1cc(Br)cc(F)c1F. The number of benzene rings is 2. The molecule has 0 fully saturated rings. The van der Waals surface area contributed by atoms with E-state index in [1.165, 1.54) is 0 Å². The van der Waals surface area contributed by atoms with Crippen molar-refractivity contribution in [2.75, 3.05) is 5.73 Å². The molecule has 2 aromatic carbocycles. The van der Waals surface area contributed by atoms with Gasteiger partial charge in [0, 0.05) is 4.47 Å². The van der Waals surface area contributed by atoms with Crippen LogP contribution in [0.15, 0.2) is 28.7 Å². The standard InChI is InChI=1S/C12H6BrF4NO/c13-5-3-7(15)10(16)9(4-5)19-12-8(18)2-1-6(14)11(12)17/h1-4H,18H2. The normalized spacial score (nSPS) is 10.6. The number of anilines is 1. The van der Waals surface area contributed by atoms with E-state index >= 15 is 0 Å². The van der Waals surface area contributed by atoms with E-state index in [1.807, 2.05) is 0 Å². The number of rotatable bonds is 2. The van der Waals surface area contributed by atoms with Crippen molar-refractivity contribution in [3.05, 3.63) is 52.0 Å². The summed E-state index contributed by atoms with van der Waals surface area (Å²) in [5, 5.41) is 0. The molecule has 0 heterocycles. The summed E-state index contributed by atoms with van der Waals surface area (Å²) in [5.41, 5.74) is 5.17. The molecule has 0 spiro atoms. The molecule has 0 aliphatic carbocycles. The van der Waals surface area contributed by atoms with Crippen molar-refractivity contribution in [2.24, 2.45) is 0 Å². The van der Waals surface area contributed by atoms with E-state index < -0.39 is 34.8 Å². The van der Waals surface area contributed by atoms with Crippen LogP contribution in [0.25, 0.3) is 0 Å². The van der Waals surface area contributed by atoms with Crippen LogP contribution in [0.2, 0.25) is 0 Å². The quantitative estimate of drug-likeness (QED) is 0.502. The third-order valence-corrected chi connectivity index (χ3v) is 2.71. The van der Waals surface area contributed by atoms with Crippen LogP contribution in [-0.4, -0.2) is 0 Å². The molecular formula is C12H6BrF4NO. The van der Waals surface area contributed by atoms with Crippen LogP contribution in [-0.2, 0) is 0 Å². The van der Waals surface area contributed by atoms with E-state index in [4.69, 9.17) is 10.5 Å². The predicted molar refractivity (Wildman–Crippen MR) is 64.9 cm³/mol. The van der Waals surface area contributed by atoms with Crippen LogP contribution in [0.4, 0.5) is 23.2 Å². The van der Waals surface area contributed by atoms with E-state index in [0.717, 1.165) is 24.3 Å². The Labute approximate surface area is 113 Å². The van der Waals surface area contributed by atoms with Crippen LogP contribution in [0.5, 0.6) is 11.5 Å². The summed E-state index contributed by atoms with van der Waals surface area (Å²) in [6.07, 6.45) is 0. The van der Waals surface area contributed by atoms with Crippen LogP contribution in [0.3, 0.4) is 0 Å². The Bertz CT molecular complexity index is 648. The van der Waals surface area contributed by atoms with E-state index in [2.05, 4.69) is 15.9 Å². The molecule has 2 aromatic rings. The molecule has 0 radical (unpaired) electrons. The zero-order valence-corrected chi connectivity index (χ0v) is 10.8. The van der Waals surface area contributed by atoms with Crippen molar-refractivity contribution < 1.29 is 22.3 Å². The molecule has 0 aliphatic rings. The number of nitrogen functional groups attached to an aromatic ring is 1. The summed E-state index contributed by atoms with van der Waals surface area (Å²) >= 11 is 2.93. The molecule has 0 bridgehead atoms. The molecule has 0 amide bonds. The van der Waals surface area contributed by atoms with Crippen molar-refractivity contribution in [2.45, 2.75) is 0 Å². The zero-order chi connectivity index (χ0) is 14.2. The molecule has 0 unspecified atom stereocenters. The second kappa shape index (κ2) is 5.08. The van der Waals surface area contributed by atoms with E-state index in [-0.39, 0.29) is 10.2 Å². The van der Waals surface area contributed by atoms with Crippen LogP contribution < -0.4 is 10.5 Å². The fourth-order valence-corrected chi connectivity index (χ4v) is 1.78. The topological polar surface area (TPSA) is 35.2 Å². The molecular weight excluding hydrogens is 330 g/mol. The Morgan fingerprint density at radius 2 is 1.63 bits per heavy atom. The number of nitrogens with two attached hydrogens (primary N) is 1. The summed E-state index contributed by atoms with van der Waals surface area (Å²) in [7, 11) is 0. The fourth-order valence-electron chi connectivity index (χ4n) is 1.37. The van der Waals surface area contributed by atoms with Gasteiger partial charge in [-0.2, -0.15) is 8.78 Å². The van der Waals surface area contributed by atoms with Gasteiger partial charge in [0.25, 0.3) is 0 Å². The molecule has 0 atom stereocenters. The third kappa shape index (κ3) is 2.65. The first kappa shape index (κ1) is 13.7. The molecule has 2 nitrogen and oxygen atoms in total.